The van der Waals surface area contributed by atoms with Crippen LogP contribution in [0, 0.1) is 0 Å². The summed E-state index contributed by atoms with van der Waals surface area (Å²) in [7, 11) is 0. The molecule has 0 saturated carbocycles. The minimum atomic E-state index is -0.0971. The topological polar surface area (TPSA) is 32.6 Å². The van der Waals surface area contributed by atoms with Gasteiger partial charge in [0.05, 0.1) is 6.04 Å². The molecule has 3 rings (SSSR count). The average molecular weight is 324 g/mol. The van der Waals surface area contributed by atoms with Crippen molar-refractivity contribution < 1.29 is 5.11 Å². The molecule has 3 aromatic carbocycles. The third-order valence-electron chi connectivity index (χ3n) is 3.92. The Morgan fingerprint density at radius 3 is 2.70 bits per heavy atom. The van der Waals surface area contributed by atoms with E-state index in [0.29, 0.717) is 10.8 Å². The molecule has 0 aromatic heterocycles. The zero-order chi connectivity index (χ0) is 16.2. The summed E-state index contributed by atoms with van der Waals surface area (Å²) >= 11 is 6.01. The van der Waals surface area contributed by atoms with Gasteiger partial charge in [-0.15, -0.1) is 0 Å². The molecular formula is C20H18ClNO. The first-order valence-corrected chi connectivity index (χ1v) is 8.06. The number of rotatable bonds is 4. The molecule has 0 bridgehead atoms. The van der Waals surface area contributed by atoms with Gasteiger partial charge in [0.1, 0.15) is 5.75 Å². The number of aliphatic imine (C=N–C) groups is 1. The van der Waals surface area contributed by atoms with Gasteiger partial charge in [-0.1, -0.05) is 61.0 Å². The van der Waals surface area contributed by atoms with Crippen molar-refractivity contribution in [1.29, 1.82) is 0 Å². The number of fused-ring (bicyclic) bond motifs is 1. The molecule has 0 aliphatic rings. The molecule has 0 fully saturated rings. The lowest BCUT2D eigenvalue weighted by Crippen LogP contribution is -1.97. The SMILES string of the molecule is CCC(N=Cc1cccc(Cl)c1)c1c(O)ccc2ccccc12. The van der Waals surface area contributed by atoms with Crippen molar-refractivity contribution >= 4 is 28.6 Å². The van der Waals surface area contributed by atoms with Gasteiger partial charge in [0, 0.05) is 16.8 Å². The standard InChI is InChI=1S/C20H18ClNO/c1-2-18(22-13-14-6-5-8-16(21)12-14)20-17-9-4-3-7-15(17)10-11-19(20)23/h3-13,18,23H,2H2,1H3. The van der Waals surface area contributed by atoms with Crippen molar-refractivity contribution in [3.05, 3.63) is 76.8 Å². The van der Waals surface area contributed by atoms with E-state index >= 15 is 0 Å². The van der Waals surface area contributed by atoms with Crippen LogP contribution < -0.4 is 0 Å². The maximum atomic E-state index is 10.4. The van der Waals surface area contributed by atoms with Gasteiger partial charge in [-0.05, 0) is 41.0 Å². The Hall–Kier alpha value is -2.32. The Labute approximate surface area is 141 Å². The number of benzene rings is 3. The molecule has 0 spiro atoms. The molecule has 0 heterocycles. The first-order valence-electron chi connectivity index (χ1n) is 7.68. The van der Waals surface area contributed by atoms with Gasteiger partial charge in [-0.3, -0.25) is 4.99 Å². The predicted molar refractivity (Wildman–Crippen MR) is 97.7 cm³/mol. The third-order valence-corrected chi connectivity index (χ3v) is 4.15. The van der Waals surface area contributed by atoms with Crippen LogP contribution in [0.25, 0.3) is 10.8 Å². The molecule has 23 heavy (non-hydrogen) atoms. The van der Waals surface area contributed by atoms with Crippen molar-refractivity contribution in [2.75, 3.05) is 0 Å². The summed E-state index contributed by atoms with van der Waals surface area (Å²) in [6, 6.07) is 19.2. The molecule has 0 aliphatic carbocycles. The number of phenolic OH excluding ortho intramolecular Hbond substituents is 1. The van der Waals surface area contributed by atoms with Gasteiger partial charge in [0.25, 0.3) is 0 Å². The lowest BCUT2D eigenvalue weighted by molar-refractivity contribution is 0.462. The molecule has 3 aromatic rings. The number of aromatic hydroxyl groups is 1. The lowest BCUT2D eigenvalue weighted by Gasteiger charge is -2.15. The van der Waals surface area contributed by atoms with Crippen LogP contribution in [0.2, 0.25) is 5.02 Å². The second kappa shape index (κ2) is 6.84. The van der Waals surface area contributed by atoms with E-state index in [0.717, 1.165) is 28.3 Å². The van der Waals surface area contributed by atoms with Crippen LogP contribution in [-0.2, 0) is 0 Å². The summed E-state index contributed by atoms with van der Waals surface area (Å²) in [5.74, 6) is 0.291. The van der Waals surface area contributed by atoms with Gasteiger partial charge < -0.3 is 5.11 Å². The maximum absolute atomic E-state index is 10.4. The Balaban J connectivity index is 2.03. The number of nitrogens with zero attached hydrogens (tertiary/aromatic N) is 1. The Kier molecular flexibility index (Phi) is 4.63. The zero-order valence-electron chi connectivity index (χ0n) is 12.9. The number of halogens is 1. The zero-order valence-corrected chi connectivity index (χ0v) is 13.7. The maximum Gasteiger partial charge on any atom is 0.121 e. The summed E-state index contributed by atoms with van der Waals surface area (Å²) in [6.07, 6.45) is 2.62. The molecule has 2 nitrogen and oxygen atoms in total. The fourth-order valence-electron chi connectivity index (χ4n) is 2.78. The number of phenols is 1. The first-order chi connectivity index (χ1) is 11.2. The highest BCUT2D eigenvalue weighted by molar-refractivity contribution is 6.30. The van der Waals surface area contributed by atoms with Crippen molar-refractivity contribution in [3.63, 3.8) is 0 Å². The molecule has 0 radical (unpaired) electrons. The summed E-state index contributed by atoms with van der Waals surface area (Å²) in [4.78, 5) is 4.69. The fraction of sp³-hybridized carbons (Fsp3) is 0.150. The van der Waals surface area contributed by atoms with Crippen LogP contribution in [0.15, 0.2) is 65.7 Å². The second-order valence-electron chi connectivity index (χ2n) is 5.48. The second-order valence-corrected chi connectivity index (χ2v) is 5.91. The summed E-state index contributed by atoms with van der Waals surface area (Å²) in [5.41, 5.74) is 1.83. The average Bonchev–Trinajstić information content (AvgIpc) is 2.57. The van der Waals surface area contributed by atoms with E-state index in [1.54, 1.807) is 6.07 Å². The molecule has 116 valence electrons. The predicted octanol–water partition coefficient (Wildman–Crippen LogP) is 5.77. The molecular weight excluding hydrogens is 306 g/mol. The van der Waals surface area contributed by atoms with Crippen LogP contribution in [-0.4, -0.2) is 11.3 Å². The highest BCUT2D eigenvalue weighted by atomic mass is 35.5. The number of hydrogen-bond acceptors (Lipinski definition) is 2. The van der Waals surface area contributed by atoms with E-state index in [1.807, 2.05) is 60.8 Å². The Morgan fingerprint density at radius 2 is 1.91 bits per heavy atom. The van der Waals surface area contributed by atoms with E-state index in [-0.39, 0.29) is 6.04 Å². The van der Waals surface area contributed by atoms with Gasteiger partial charge in [-0.2, -0.15) is 0 Å². The third kappa shape index (κ3) is 3.38. The van der Waals surface area contributed by atoms with Crippen molar-refractivity contribution in [3.8, 4) is 5.75 Å². The van der Waals surface area contributed by atoms with E-state index in [2.05, 4.69) is 6.92 Å². The van der Waals surface area contributed by atoms with Gasteiger partial charge in [0.2, 0.25) is 0 Å². The van der Waals surface area contributed by atoms with E-state index in [1.165, 1.54) is 0 Å². The Morgan fingerprint density at radius 1 is 1.09 bits per heavy atom. The quantitative estimate of drug-likeness (QED) is 0.607. The summed E-state index contributed by atoms with van der Waals surface area (Å²) in [5, 5.41) is 13.2. The molecule has 1 atom stereocenters. The largest absolute Gasteiger partial charge is 0.508 e. The normalized spacial score (nSPS) is 12.8. The van der Waals surface area contributed by atoms with Crippen molar-refractivity contribution in [2.24, 2.45) is 4.99 Å². The van der Waals surface area contributed by atoms with Crippen LogP contribution in [0.3, 0.4) is 0 Å². The molecule has 0 aliphatic heterocycles. The van der Waals surface area contributed by atoms with Crippen LogP contribution in [0.1, 0.15) is 30.5 Å². The van der Waals surface area contributed by atoms with E-state index in [4.69, 9.17) is 16.6 Å². The molecule has 0 amide bonds. The van der Waals surface area contributed by atoms with E-state index in [9.17, 15) is 5.11 Å². The highest BCUT2D eigenvalue weighted by Gasteiger charge is 2.15. The van der Waals surface area contributed by atoms with E-state index < -0.39 is 0 Å². The highest BCUT2D eigenvalue weighted by Crippen LogP contribution is 2.35. The van der Waals surface area contributed by atoms with Crippen molar-refractivity contribution in [2.45, 2.75) is 19.4 Å². The molecule has 3 heteroatoms. The first kappa shape index (κ1) is 15.6. The molecule has 0 saturated heterocycles. The van der Waals surface area contributed by atoms with Crippen LogP contribution in [0.5, 0.6) is 5.75 Å². The fourth-order valence-corrected chi connectivity index (χ4v) is 2.98. The summed E-state index contributed by atoms with van der Waals surface area (Å²) < 4.78 is 0. The Bertz CT molecular complexity index is 857. The van der Waals surface area contributed by atoms with Crippen molar-refractivity contribution in [1.82, 2.24) is 0 Å². The van der Waals surface area contributed by atoms with Gasteiger partial charge >= 0.3 is 0 Å². The van der Waals surface area contributed by atoms with Crippen LogP contribution in [0.4, 0.5) is 0 Å². The molecule has 1 N–H and O–H groups in total. The minimum absolute atomic E-state index is 0.0971. The van der Waals surface area contributed by atoms with Crippen LogP contribution >= 0.6 is 11.6 Å². The summed E-state index contributed by atoms with van der Waals surface area (Å²) in [6.45, 7) is 2.07. The van der Waals surface area contributed by atoms with Gasteiger partial charge in [-0.25, -0.2) is 0 Å². The van der Waals surface area contributed by atoms with Gasteiger partial charge in [0.15, 0.2) is 0 Å². The number of hydrogen-bond donors (Lipinski definition) is 1. The molecule has 1 unspecified atom stereocenters. The monoisotopic (exact) mass is 323 g/mol. The smallest absolute Gasteiger partial charge is 0.121 e. The lowest BCUT2D eigenvalue weighted by atomic mass is 9.96. The minimum Gasteiger partial charge on any atom is -0.508 e.